The summed E-state index contributed by atoms with van der Waals surface area (Å²) in [4.78, 5) is 10.8. The number of fused-ring (bicyclic) bond motifs is 1. The molecule has 1 heterocycles. The molecule has 2 rings (SSSR count). The Morgan fingerprint density at radius 3 is 2.85 bits per heavy atom. The molecule has 2 fully saturated rings. The number of hydrogen-bond donors (Lipinski definition) is 2. The highest BCUT2D eigenvalue weighted by molar-refractivity contribution is 5.85. The molecule has 0 radical (unpaired) electrons. The molecule has 0 bridgehead atoms. The van der Waals surface area contributed by atoms with Gasteiger partial charge < -0.3 is 15.6 Å². The topological polar surface area (TPSA) is 72.6 Å². The molecule has 0 spiro atoms. The normalized spacial score (nSPS) is 42.5. The molecule has 76 valence electrons. The molecular weight excluding hydrogens is 194 g/mol. The molecule has 1 aliphatic carbocycles. The highest BCUT2D eigenvalue weighted by Gasteiger charge is 2.57. The Morgan fingerprint density at radius 2 is 2.31 bits per heavy atom. The van der Waals surface area contributed by atoms with E-state index in [1.165, 1.54) is 0 Å². The van der Waals surface area contributed by atoms with Crippen LogP contribution in [0.4, 0.5) is 0 Å². The van der Waals surface area contributed by atoms with Crippen LogP contribution < -0.4 is 5.73 Å². The van der Waals surface area contributed by atoms with Crippen LogP contribution in [0.3, 0.4) is 0 Å². The van der Waals surface area contributed by atoms with Crippen LogP contribution in [0.15, 0.2) is 0 Å². The molecule has 5 heteroatoms. The SMILES string of the molecule is Cl.N[C@@]1(C(=O)O)C[C@H]2OCCC[C@H]21. The lowest BCUT2D eigenvalue weighted by molar-refractivity contribution is -0.175. The number of nitrogens with two attached hydrogens (primary N) is 1. The van der Waals surface area contributed by atoms with Gasteiger partial charge in [0.25, 0.3) is 0 Å². The lowest BCUT2D eigenvalue weighted by atomic mass is 9.62. The molecule has 0 aromatic rings. The smallest absolute Gasteiger partial charge is 0.324 e. The summed E-state index contributed by atoms with van der Waals surface area (Å²) in [5.74, 6) is -0.835. The van der Waals surface area contributed by atoms with E-state index in [1.54, 1.807) is 0 Å². The van der Waals surface area contributed by atoms with Crippen molar-refractivity contribution in [1.29, 1.82) is 0 Å². The Kier molecular flexibility index (Phi) is 2.85. The van der Waals surface area contributed by atoms with Gasteiger partial charge in [0.1, 0.15) is 5.54 Å². The van der Waals surface area contributed by atoms with E-state index in [0.717, 1.165) is 19.4 Å². The molecule has 13 heavy (non-hydrogen) atoms. The van der Waals surface area contributed by atoms with E-state index >= 15 is 0 Å². The van der Waals surface area contributed by atoms with Crippen LogP contribution >= 0.6 is 12.4 Å². The molecule has 3 atom stereocenters. The Bertz CT molecular complexity index is 223. The molecule has 0 aromatic heterocycles. The number of hydrogen-bond acceptors (Lipinski definition) is 3. The van der Waals surface area contributed by atoms with Gasteiger partial charge in [0.2, 0.25) is 0 Å². The maximum Gasteiger partial charge on any atom is 0.324 e. The summed E-state index contributed by atoms with van der Waals surface area (Å²) in [6.07, 6.45) is 2.42. The number of aliphatic carboxylic acids is 1. The number of halogens is 1. The fourth-order valence-electron chi connectivity index (χ4n) is 2.20. The largest absolute Gasteiger partial charge is 0.480 e. The van der Waals surface area contributed by atoms with Gasteiger partial charge in [-0.2, -0.15) is 0 Å². The zero-order valence-electron chi connectivity index (χ0n) is 7.23. The second kappa shape index (κ2) is 3.44. The third-order valence-corrected chi connectivity index (χ3v) is 3.04. The molecule has 0 amide bonds. The predicted octanol–water partition coefficient (Wildman–Crippen LogP) is 0.389. The molecule has 3 N–H and O–H groups in total. The van der Waals surface area contributed by atoms with Crippen molar-refractivity contribution in [2.75, 3.05) is 6.61 Å². The van der Waals surface area contributed by atoms with Gasteiger partial charge in [-0.25, -0.2) is 0 Å². The quantitative estimate of drug-likeness (QED) is 0.653. The van der Waals surface area contributed by atoms with Gasteiger partial charge in [-0.1, -0.05) is 0 Å². The van der Waals surface area contributed by atoms with Crippen LogP contribution in [0, 0.1) is 5.92 Å². The first-order valence-corrected chi connectivity index (χ1v) is 4.28. The number of ether oxygens (including phenoxy) is 1. The van der Waals surface area contributed by atoms with Crippen LogP contribution in [0.5, 0.6) is 0 Å². The molecule has 1 saturated carbocycles. The average molecular weight is 208 g/mol. The molecule has 0 unspecified atom stereocenters. The fourth-order valence-corrected chi connectivity index (χ4v) is 2.20. The monoisotopic (exact) mass is 207 g/mol. The van der Waals surface area contributed by atoms with Gasteiger partial charge in [-0.15, -0.1) is 12.4 Å². The number of rotatable bonds is 1. The summed E-state index contributed by atoms with van der Waals surface area (Å²) < 4.78 is 5.38. The van der Waals surface area contributed by atoms with Crippen molar-refractivity contribution < 1.29 is 14.6 Å². The molecule has 1 saturated heterocycles. The van der Waals surface area contributed by atoms with Gasteiger partial charge in [-0.05, 0) is 12.8 Å². The number of carbonyl (C=O) groups is 1. The Morgan fingerprint density at radius 1 is 1.62 bits per heavy atom. The minimum atomic E-state index is -0.995. The highest BCUT2D eigenvalue weighted by Crippen LogP contribution is 2.44. The van der Waals surface area contributed by atoms with Gasteiger partial charge in [-0.3, -0.25) is 4.79 Å². The van der Waals surface area contributed by atoms with Crippen LogP contribution in [-0.4, -0.2) is 29.3 Å². The average Bonchev–Trinajstić information content (AvgIpc) is 2.02. The molecular formula is C8H14ClNO3. The van der Waals surface area contributed by atoms with E-state index in [9.17, 15) is 4.79 Å². The minimum Gasteiger partial charge on any atom is -0.480 e. The second-order valence-electron chi connectivity index (χ2n) is 3.71. The fraction of sp³-hybridized carbons (Fsp3) is 0.875. The van der Waals surface area contributed by atoms with E-state index in [2.05, 4.69) is 0 Å². The van der Waals surface area contributed by atoms with Crippen molar-refractivity contribution in [3.05, 3.63) is 0 Å². The highest BCUT2D eigenvalue weighted by atomic mass is 35.5. The van der Waals surface area contributed by atoms with E-state index in [0.29, 0.717) is 6.42 Å². The van der Waals surface area contributed by atoms with Crippen molar-refractivity contribution >= 4 is 18.4 Å². The first kappa shape index (κ1) is 10.8. The van der Waals surface area contributed by atoms with Crippen LogP contribution in [0.25, 0.3) is 0 Å². The first-order chi connectivity index (χ1) is 5.64. The van der Waals surface area contributed by atoms with Gasteiger partial charge in [0.15, 0.2) is 0 Å². The lowest BCUT2D eigenvalue weighted by Crippen LogP contribution is -2.69. The zero-order chi connectivity index (χ0) is 8.77. The molecule has 0 aromatic carbocycles. The minimum absolute atomic E-state index is 0. The van der Waals surface area contributed by atoms with Crippen molar-refractivity contribution in [3.8, 4) is 0 Å². The lowest BCUT2D eigenvalue weighted by Gasteiger charge is -2.51. The molecule has 2 aliphatic rings. The van der Waals surface area contributed by atoms with E-state index < -0.39 is 11.5 Å². The van der Waals surface area contributed by atoms with Crippen LogP contribution in [-0.2, 0) is 9.53 Å². The zero-order valence-corrected chi connectivity index (χ0v) is 8.05. The summed E-state index contributed by atoms with van der Waals surface area (Å²) in [6, 6.07) is 0. The van der Waals surface area contributed by atoms with Gasteiger partial charge in [0, 0.05) is 18.9 Å². The third-order valence-electron chi connectivity index (χ3n) is 3.04. The van der Waals surface area contributed by atoms with Crippen molar-refractivity contribution in [2.45, 2.75) is 30.9 Å². The summed E-state index contributed by atoms with van der Waals surface area (Å²) in [7, 11) is 0. The Hall–Kier alpha value is -0.320. The summed E-state index contributed by atoms with van der Waals surface area (Å²) in [5, 5.41) is 8.85. The van der Waals surface area contributed by atoms with Crippen LogP contribution in [0.2, 0.25) is 0 Å². The van der Waals surface area contributed by atoms with E-state index in [1.807, 2.05) is 0 Å². The van der Waals surface area contributed by atoms with E-state index in [-0.39, 0.29) is 24.4 Å². The van der Waals surface area contributed by atoms with Crippen LogP contribution in [0.1, 0.15) is 19.3 Å². The van der Waals surface area contributed by atoms with E-state index in [4.69, 9.17) is 15.6 Å². The van der Waals surface area contributed by atoms with Gasteiger partial charge >= 0.3 is 5.97 Å². The maximum absolute atomic E-state index is 10.8. The number of carboxylic acid groups (broad SMARTS) is 1. The summed E-state index contributed by atoms with van der Waals surface area (Å²) >= 11 is 0. The molecule has 4 nitrogen and oxygen atoms in total. The summed E-state index contributed by atoms with van der Waals surface area (Å²) in [5.41, 5.74) is 4.73. The predicted molar refractivity (Wildman–Crippen MR) is 48.9 cm³/mol. The first-order valence-electron chi connectivity index (χ1n) is 4.28. The third kappa shape index (κ3) is 1.43. The standard InChI is InChI=1S/C8H13NO3.ClH/c9-8(7(10)11)4-6-5(8)2-1-3-12-6;/h5-6H,1-4,9H2,(H,10,11);1H/t5-,6-,8+;/m1./s1. The van der Waals surface area contributed by atoms with Gasteiger partial charge in [0.05, 0.1) is 6.10 Å². The maximum atomic E-state index is 10.8. The Labute approximate surface area is 82.8 Å². The Balaban J connectivity index is 0.000000845. The van der Waals surface area contributed by atoms with Crippen molar-refractivity contribution in [3.63, 3.8) is 0 Å². The summed E-state index contributed by atoms with van der Waals surface area (Å²) in [6.45, 7) is 0.761. The van der Waals surface area contributed by atoms with Crippen molar-refractivity contribution in [2.24, 2.45) is 11.7 Å². The molecule has 1 aliphatic heterocycles. The number of carboxylic acids is 1. The second-order valence-corrected chi connectivity index (χ2v) is 3.71. The van der Waals surface area contributed by atoms with Crippen molar-refractivity contribution in [1.82, 2.24) is 0 Å².